The summed E-state index contributed by atoms with van der Waals surface area (Å²) in [5.74, 6) is 0. The second-order valence-electron chi connectivity index (χ2n) is 4.07. The summed E-state index contributed by atoms with van der Waals surface area (Å²) in [7, 11) is 0. The van der Waals surface area contributed by atoms with E-state index in [4.69, 9.17) is 0 Å². The van der Waals surface area contributed by atoms with Crippen molar-refractivity contribution in [3.05, 3.63) is 12.4 Å². The van der Waals surface area contributed by atoms with E-state index < -0.39 is 0 Å². The average molecular weight is 196 g/mol. The van der Waals surface area contributed by atoms with Gasteiger partial charge >= 0.3 is 0 Å². The van der Waals surface area contributed by atoms with Crippen LogP contribution >= 0.6 is 0 Å². The van der Waals surface area contributed by atoms with Crippen LogP contribution in [0.4, 0.5) is 0 Å². The molecule has 1 rings (SSSR count). The highest BCUT2D eigenvalue weighted by molar-refractivity contribution is 4.89. The molecular formula is C12H24N2. The largest absolute Gasteiger partial charge is 0.359 e. The first-order chi connectivity index (χ1) is 6.86. The number of hydrogen-bond acceptors (Lipinski definition) is 2. The van der Waals surface area contributed by atoms with Crippen molar-refractivity contribution >= 4 is 0 Å². The highest BCUT2D eigenvalue weighted by Gasteiger charge is 2.08. The third kappa shape index (κ3) is 4.03. The lowest BCUT2D eigenvalue weighted by molar-refractivity contribution is 0.269. The number of hydrogen-bond donors (Lipinski definition) is 0. The average Bonchev–Trinajstić information content (AvgIpc) is 2.65. The summed E-state index contributed by atoms with van der Waals surface area (Å²) in [5, 5.41) is 0. The lowest BCUT2D eigenvalue weighted by Crippen LogP contribution is -2.25. The molecule has 1 aliphatic heterocycles. The monoisotopic (exact) mass is 196 g/mol. The molecule has 0 radical (unpaired) electrons. The van der Waals surface area contributed by atoms with E-state index in [-0.39, 0.29) is 0 Å². The van der Waals surface area contributed by atoms with E-state index in [1.807, 2.05) is 0 Å². The molecule has 0 bridgehead atoms. The zero-order valence-electron chi connectivity index (χ0n) is 9.71. The summed E-state index contributed by atoms with van der Waals surface area (Å²) < 4.78 is 0. The van der Waals surface area contributed by atoms with Crippen LogP contribution in [-0.2, 0) is 0 Å². The minimum atomic E-state index is 1.10. The molecule has 0 fully saturated rings. The van der Waals surface area contributed by atoms with Crippen LogP contribution in [0.25, 0.3) is 0 Å². The number of unbranched alkanes of at least 4 members (excludes halogenated alkanes) is 4. The van der Waals surface area contributed by atoms with Crippen molar-refractivity contribution < 1.29 is 0 Å². The van der Waals surface area contributed by atoms with Crippen LogP contribution in [0.1, 0.15) is 46.0 Å². The van der Waals surface area contributed by atoms with E-state index in [1.165, 1.54) is 38.6 Å². The van der Waals surface area contributed by atoms with Crippen molar-refractivity contribution in [1.29, 1.82) is 0 Å². The first kappa shape index (κ1) is 11.4. The number of rotatable bonds is 7. The van der Waals surface area contributed by atoms with Gasteiger partial charge in [0.05, 0.1) is 6.67 Å². The van der Waals surface area contributed by atoms with E-state index in [9.17, 15) is 0 Å². The second kappa shape index (κ2) is 6.74. The van der Waals surface area contributed by atoms with Crippen molar-refractivity contribution in [3.63, 3.8) is 0 Å². The maximum absolute atomic E-state index is 2.41. The van der Waals surface area contributed by atoms with Gasteiger partial charge in [0, 0.05) is 25.5 Å². The molecule has 0 saturated carbocycles. The Kier molecular flexibility index (Phi) is 5.50. The molecular weight excluding hydrogens is 172 g/mol. The second-order valence-corrected chi connectivity index (χ2v) is 4.07. The molecule has 0 aromatic rings. The first-order valence-corrected chi connectivity index (χ1v) is 6.03. The first-order valence-electron chi connectivity index (χ1n) is 6.03. The van der Waals surface area contributed by atoms with Gasteiger partial charge in [0.25, 0.3) is 0 Å². The summed E-state index contributed by atoms with van der Waals surface area (Å²) >= 11 is 0. The summed E-state index contributed by atoms with van der Waals surface area (Å²) in [6.07, 6.45) is 11.3. The van der Waals surface area contributed by atoms with Gasteiger partial charge in [0.15, 0.2) is 0 Å². The quantitative estimate of drug-likeness (QED) is 0.577. The molecule has 0 spiro atoms. The Morgan fingerprint density at radius 1 is 0.929 bits per heavy atom. The van der Waals surface area contributed by atoms with Crippen molar-refractivity contribution in [1.82, 2.24) is 9.80 Å². The summed E-state index contributed by atoms with van der Waals surface area (Å²) in [6, 6.07) is 0. The van der Waals surface area contributed by atoms with Crippen LogP contribution in [-0.4, -0.2) is 29.6 Å². The minimum absolute atomic E-state index is 1.10. The Labute approximate surface area is 88.6 Å². The SMILES string of the molecule is CCCCCCCN1C=CN(CC)C1. The smallest absolute Gasteiger partial charge is 0.0893 e. The lowest BCUT2D eigenvalue weighted by Gasteiger charge is -2.19. The van der Waals surface area contributed by atoms with Gasteiger partial charge in [-0.05, 0) is 13.3 Å². The Morgan fingerprint density at radius 3 is 2.29 bits per heavy atom. The zero-order chi connectivity index (χ0) is 10.2. The third-order valence-corrected chi connectivity index (χ3v) is 2.81. The van der Waals surface area contributed by atoms with Crippen molar-refractivity contribution in [3.8, 4) is 0 Å². The van der Waals surface area contributed by atoms with Crippen LogP contribution in [0.15, 0.2) is 12.4 Å². The normalized spacial score (nSPS) is 15.6. The predicted molar refractivity (Wildman–Crippen MR) is 61.9 cm³/mol. The fourth-order valence-electron chi connectivity index (χ4n) is 1.79. The van der Waals surface area contributed by atoms with Gasteiger partial charge in [-0.15, -0.1) is 0 Å². The molecule has 1 heterocycles. The Hall–Kier alpha value is -0.660. The van der Waals surface area contributed by atoms with Crippen molar-refractivity contribution in [2.75, 3.05) is 19.8 Å². The lowest BCUT2D eigenvalue weighted by atomic mass is 10.1. The fraction of sp³-hybridized carbons (Fsp3) is 0.833. The van der Waals surface area contributed by atoms with Crippen molar-refractivity contribution in [2.45, 2.75) is 46.0 Å². The van der Waals surface area contributed by atoms with Crippen LogP contribution in [0.5, 0.6) is 0 Å². The minimum Gasteiger partial charge on any atom is -0.359 e. The van der Waals surface area contributed by atoms with E-state index in [0.717, 1.165) is 13.2 Å². The van der Waals surface area contributed by atoms with E-state index in [0.29, 0.717) is 0 Å². The molecule has 2 nitrogen and oxygen atoms in total. The van der Waals surface area contributed by atoms with E-state index >= 15 is 0 Å². The summed E-state index contributed by atoms with van der Waals surface area (Å²) in [4.78, 5) is 4.75. The molecule has 0 atom stereocenters. The van der Waals surface area contributed by atoms with E-state index in [2.05, 4.69) is 36.0 Å². The Morgan fingerprint density at radius 2 is 1.64 bits per heavy atom. The van der Waals surface area contributed by atoms with Crippen LogP contribution < -0.4 is 0 Å². The van der Waals surface area contributed by atoms with Crippen molar-refractivity contribution in [2.24, 2.45) is 0 Å². The zero-order valence-corrected chi connectivity index (χ0v) is 9.71. The molecule has 0 aromatic carbocycles. The summed E-state index contributed by atoms with van der Waals surface area (Å²) in [5.41, 5.74) is 0. The highest BCUT2D eigenvalue weighted by atomic mass is 15.3. The molecule has 1 aliphatic rings. The van der Waals surface area contributed by atoms with Gasteiger partial charge in [-0.1, -0.05) is 32.6 Å². The molecule has 0 N–H and O–H groups in total. The molecule has 82 valence electrons. The third-order valence-electron chi connectivity index (χ3n) is 2.81. The molecule has 0 aromatic heterocycles. The molecule has 0 saturated heterocycles. The summed E-state index contributed by atoms with van der Waals surface area (Å²) in [6.45, 7) is 7.93. The van der Waals surface area contributed by atoms with Crippen LogP contribution in [0.2, 0.25) is 0 Å². The Balaban J connectivity index is 1.96. The molecule has 2 heteroatoms. The van der Waals surface area contributed by atoms with E-state index in [1.54, 1.807) is 0 Å². The molecule has 0 aliphatic carbocycles. The predicted octanol–water partition coefficient (Wildman–Crippen LogP) is 3.02. The highest BCUT2D eigenvalue weighted by Crippen LogP contribution is 2.09. The van der Waals surface area contributed by atoms with Gasteiger partial charge in [-0.2, -0.15) is 0 Å². The van der Waals surface area contributed by atoms with Gasteiger partial charge in [-0.25, -0.2) is 0 Å². The number of nitrogens with zero attached hydrogens (tertiary/aromatic N) is 2. The molecule has 14 heavy (non-hydrogen) atoms. The van der Waals surface area contributed by atoms with Gasteiger partial charge in [-0.3, -0.25) is 0 Å². The maximum Gasteiger partial charge on any atom is 0.0893 e. The molecule has 0 unspecified atom stereocenters. The van der Waals surface area contributed by atoms with Crippen LogP contribution in [0, 0.1) is 0 Å². The van der Waals surface area contributed by atoms with Crippen LogP contribution in [0.3, 0.4) is 0 Å². The fourth-order valence-corrected chi connectivity index (χ4v) is 1.79. The van der Waals surface area contributed by atoms with Gasteiger partial charge in [0.2, 0.25) is 0 Å². The molecule has 0 amide bonds. The van der Waals surface area contributed by atoms with Gasteiger partial charge in [0.1, 0.15) is 0 Å². The standard InChI is InChI=1S/C12H24N2/c1-3-5-6-7-8-9-14-11-10-13(4-2)12-14/h10-11H,3-9,12H2,1-2H3. The topological polar surface area (TPSA) is 6.48 Å². The van der Waals surface area contributed by atoms with Gasteiger partial charge < -0.3 is 9.80 Å². The Bertz CT molecular complexity index is 166. The maximum atomic E-state index is 2.41.